The molecule has 21 heavy (non-hydrogen) atoms. The molecule has 0 bridgehead atoms. The van der Waals surface area contributed by atoms with Crippen LogP contribution in [0.25, 0.3) is 0 Å². The summed E-state index contributed by atoms with van der Waals surface area (Å²) >= 11 is 0. The molecule has 118 valence electrons. The summed E-state index contributed by atoms with van der Waals surface area (Å²) in [6.07, 6.45) is 5.46. The van der Waals surface area contributed by atoms with E-state index in [2.05, 4.69) is 17.2 Å². The maximum Gasteiger partial charge on any atom is 0.256 e. The van der Waals surface area contributed by atoms with Crippen LogP contribution in [0.2, 0.25) is 0 Å². The van der Waals surface area contributed by atoms with Crippen molar-refractivity contribution in [3.8, 4) is 5.88 Å². The maximum absolute atomic E-state index is 12.4. The molecule has 1 N–H and O–H groups in total. The quantitative estimate of drug-likeness (QED) is 0.747. The Morgan fingerprint density at radius 1 is 1.38 bits per heavy atom. The Kier molecular flexibility index (Phi) is 6.62. The minimum absolute atomic E-state index is 0.146. The highest BCUT2D eigenvalue weighted by Crippen LogP contribution is 2.23. The molecule has 0 fully saturated rings. The highest BCUT2D eigenvalue weighted by Gasteiger charge is 2.32. The number of hydrogen-bond donors (Lipinski definition) is 1. The number of anilines is 1. The molecule has 0 spiro atoms. The monoisotopic (exact) mass is 294 g/mol. The first-order chi connectivity index (χ1) is 9.96. The van der Waals surface area contributed by atoms with E-state index in [1.165, 1.54) is 0 Å². The van der Waals surface area contributed by atoms with Gasteiger partial charge in [-0.1, -0.05) is 26.2 Å². The predicted octanol–water partition coefficient (Wildman–Crippen LogP) is 3.32. The van der Waals surface area contributed by atoms with Crippen LogP contribution in [-0.2, 0) is 9.53 Å². The number of carbonyl (C=O) groups is 1. The van der Waals surface area contributed by atoms with E-state index in [0.717, 1.165) is 24.8 Å². The van der Waals surface area contributed by atoms with E-state index in [9.17, 15) is 4.79 Å². The topological polar surface area (TPSA) is 60.5 Å². The van der Waals surface area contributed by atoms with Gasteiger partial charge in [0.05, 0.1) is 19.0 Å². The largest absolute Gasteiger partial charge is 0.481 e. The third kappa shape index (κ3) is 4.70. The molecule has 0 aliphatic heterocycles. The van der Waals surface area contributed by atoms with Gasteiger partial charge in [-0.25, -0.2) is 4.98 Å². The van der Waals surface area contributed by atoms with Gasteiger partial charge >= 0.3 is 0 Å². The number of aromatic nitrogens is 1. The normalized spacial score (nSPS) is 13.6. The van der Waals surface area contributed by atoms with Crippen LogP contribution in [0.3, 0.4) is 0 Å². The van der Waals surface area contributed by atoms with Gasteiger partial charge in [0, 0.05) is 12.7 Å². The van der Waals surface area contributed by atoms with E-state index in [1.807, 2.05) is 19.9 Å². The fraction of sp³-hybridized carbons (Fsp3) is 0.625. The molecule has 0 aromatic carbocycles. The Balaban J connectivity index is 2.75. The van der Waals surface area contributed by atoms with Gasteiger partial charge in [-0.3, -0.25) is 4.79 Å². The molecule has 1 heterocycles. The first-order valence-electron chi connectivity index (χ1n) is 7.34. The second-order valence-corrected chi connectivity index (χ2v) is 5.40. The van der Waals surface area contributed by atoms with Crippen LogP contribution in [-0.4, -0.2) is 30.7 Å². The van der Waals surface area contributed by atoms with Gasteiger partial charge in [0.25, 0.3) is 5.91 Å². The summed E-state index contributed by atoms with van der Waals surface area (Å²) in [4.78, 5) is 16.6. The molecule has 0 aliphatic carbocycles. The standard InChI is InChI=1S/C16H26N2O3/c1-6-7-8-9-16(3,21-5)15(19)18-13-10-12(2)14(20-4)17-11-13/h10-11H,6-9H2,1-5H3,(H,18,19). The molecule has 1 atom stereocenters. The van der Waals surface area contributed by atoms with E-state index >= 15 is 0 Å². The van der Waals surface area contributed by atoms with Gasteiger partial charge in [-0.2, -0.15) is 0 Å². The SMILES string of the molecule is CCCCCC(C)(OC)C(=O)Nc1cnc(OC)c(C)c1. The first kappa shape index (κ1) is 17.4. The molecule has 1 amide bonds. The van der Waals surface area contributed by atoms with E-state index in [1.54, 1.807) is 20.4 Å². The van der Waals surface area contributed by atoms with Gasteiger partial charge < -0.3 is 14.8 Å². The molecule has 0 radical (unpaired) electrons. The second-order valence-electron chi connectivity index (χ2n) is 5.40. The van der Waals surface area contributed by atoms with Crippen molar-refractivity contribution in [2.75, 3.05) is 19.5 Å². The average molecular weight is 294 g/mol. The van der Waals surface area contributed by atoms with Gasteiger partial charge in [-0.15, -0.1) is 0 Å². The Morgan fingerprint density at radius 2 is 2.10 bits per heavy atom. The Morgan fingerprint density at radius 3 is 2.62 bits per heavy atom. The van der Waals surface area contributed by atoms with Crippen molar-refractivity contribution in [2.24, 2.45) is 0 Å². The zero-order valence-electron chi connectivity index (χ0n) is 13.7. The fourth-order valence-electron chi connectivity index (χ4n) is 2.13. The van der Waals surface area contributed by atoms with E-state index in [0.29, 0.717) is 18.0 Å². The molecular weight excluding hydrogens is 268 g/mol. The lowest BCUT2D eigenvalue weighted by Crippen LogP contribution is -2.42. The number of rotatable bonds is 8. The number of aryl methyl sites for hydroxylation is 1. The molecule has 1 rings (SSSR count). The zero-order valence-corrected chi connectivity index (χ0v) is 13.7. The highest BCUT2D eigenvalue weighted by atomic mass is 16.5. The molecule has 0 saturated heterocycles. The van der Waals surface area contributed by atoms with Crippen molar-refractivity contribution in [2.45, 2.75) is 52.1 Å². The van der Waals surface area contributed by atoms with Crippen molar-refractivity contribution in [1.82, 2.24) is 4.98 Å². The van der Waals surface area contributed by atoms with Crippen LogP contribution in [0.1, 0.15) is 45.1 Å². The third-order valence-electron chi connectivity index (χ3n) is 3.67. The Hall–Kier alpha value is -1.62. The van der Waals surface area contributed by atoms with Crippen molar-refractivity contribution < 1.29 is 14.3 Å². The number of unbranched alkanes of at least 4 members (excludes halogenated alkanes) is 2. The van der Waals surface area contributed by atoms with Crippen molar-refractivity contribution >= 4 is 11.6 Å². The first-order valence-corrected chi connectivity index (χ1v) is 7.34. The van der Waals surface area contributed by atoms with Crippen LogP contribution >= 0.6 is 0 Å². The van der Waals surface area contributed by atoms with Crippen LogP contribution in [0.15, 0.2) is 12.3 Å². The summed E-state index contributed by atoms with van der Waals surface area (Å²) in [5.41, 5.74) is 0.709. The van der Waals surface area contributed by atoms with Gasteiger partial charge in [0.15, 0.2) is 0 Å². The molecule has 0 saturated carbocycles. The third-order valence-corrected chi connectivity index (χ3v) is 3.67. The molecule has 5 heteroatoms. The lowest BCUT2D eigenvalue weighted by molar-refractivity contribution is -0.136. The number of nitrogens with one attached hydrogen (secondary N) is 1. The van der Waals surface area contributed by atoms with Crippen molar-refractivity contribution in [1.29, 1.82) is 0 Å². The molecule has 5 nitrogen and oxygen atoms in total. The summed E-state index contributed by atoms with van der Waals surface area (Å²) in [7, 11) is 3.15. The number of amides is 1. The van der Waals surface area contributed by atoms with Crippen LogP contribution in [0, 0.1) is 6.92 Å². The van der Waals surface area contributed by atoms with E-state index in [-0.39, 0.29) is 5.91 Å². The van der Waals surface area contributed by atoms with Gasteiger partial charge in [0.1, 0.15) is 5.60 Å². The molecule has 0 aliphatic rings. The predicted molar refractivity (Wildman–Crippen MR) is 83.7 cm³/mol. The van der Waals surface area contributed by atoms with Gasteiger partial charge in [-0.05, 0) is 26.3 Å². The Bertz CT molecular complexity index is 477. The summed E-state index contributed by atoms with van der Waals surface area (Å²) in [6, 6.07) is 1.84. The summed E-state index contributed by atoms with van der Waals surface area (Å²) in [5.74, 6) is 0.415. The minimum Gasteiger partial charge on any atom is -0.481 e. The maximum atomic E-state index is 12.4. The minimum atomic E-state index is -0.816. The molecule has 1 aromatic heterocycles. The van der Waals surface area contributed by atoms with Crippen LogP contribution in [0.5, 0.6) is 5.88 Å². The van der Waals surface area contributed by atoms with Crippen LogP contribution < -0.4 is 10.1 Å². The number of ether oxygens (including phenoxy) is 2. The average Bonchev–Trinajstić information content (AvgIpc) is 2.47. The number of hydrogen-bond acceptors (Lipinski definition) is 4. The molecule has 1 aromatic rings. The number of carbonyl (C=O) groups excluding carboxylic acids is 1. The number of pyridine rings is 1. The lowest BCUT2D eigenvalue weighted by atomic mass is 9.97. The Labute approximate surface area is 127 Å². The summed E-state index contributed by atoms with van der Waals surface area (Å²) in [5, 5.41) is 2.87. The van der Waals surface area contributed by atoms with Crippen molar-refractivity contribution in [3.05, 3.63) is 17.8 Å². The lowest BCUT2D eigenvalue weighted by Gasteiger charge is -2.27. The van der Waals surface area contributed by atoms with E-state index < -0.39 is 5.60 Å². The fourth-order valence-corrected chi connectivity index (χ4v) is 2.13. The number of methoxy groups -OCH3 is 2. The van der Waals surface area contributed by atoms with Gasteiger partial charge in [0.2, 0.25) is 5.88 Å². The number of nitrogens with zero attached hydrogens (tertiary/aromatic N) is 1. The zero-order chi connectivity index (χ0) is 15.9. The van der Waals surface area contributed by atoms with Crippen LogP contribution in [0.4, 0.5) is 5.69 Å². The van der Waals surface area contributed by atoms with Crippen molar-refractivity contribution in [3.63, 3.8) is 0 Å². The summed E-state index contributed by atoms with van der Waals surface area (Å²) < 4.78 is 10.5. The highest BCUT2D eigenvalue weighted by molar-refractivity contribution is 5.97. The summed E-state index contributed by atoms with van der Waals surface area (Å²) in [6.45, 7) is 5.84. The molecule has 1 unspecified atom stereocenters. The molecular formula is C16H26N2O3. The smallest absolute Gasteiger partial charge is 0.256 e. The second kappa shape index (κ2) is 7.98. The van der Waals surface area contributed by atoms with E-state index in [4.69, 9.17) is 9.47 Å².